The van der Waals surface area contributed by atoms with Crippen LogP contribution in [-0.2, 0) is 32.5 Å². The highest BCUT2D eigenvalue weighted by molar-refractivity contribution is 6.48. The van der Waals surface area contributed by atoms with Crippen LogP contribution >= 0.6 is 46.4 Å². The molecule has 14 aromatic rings. The average Bonchev–Trinajstić information content (AvgIpc) is 0.739. The Morgan fingerprint density at radius 2 is 0.447 bits per heavy atom. The fourth-order valence-electron chi connectivity index (χ4n) is 14.1. The Bertz CT molecular complexity index is 5210. The van der Waals surface area contributed by atoms with Crippen molar-refractivity contribution >= 4 is 148 Å². The van der Waals surface area contributed by atoms with Crippen LogP contribution in [0.15, 0.2) is 315 Å². The van der Waals surface area contributed by atoms with Gasteiger partial charge < -0.3 is 24.9 Å². The zero-order valence-electron chi connectivity index (χ0n) is 68.8. The van der Waals surface area contributed by atoms with Gasteiger partial charge in [0.05, 0.1) is 48.5 Å². The van der Waals surface area contributed by atoms with Gasteiger partial charge >= 0.3 is 0 Å². The largest absolute Gasteiger partial charge is 0.356 e. The van der Waals surface area contributed by atoms with Gasteiger partial charge in [-0.3, -0.25) is 0 Å². The molecule has 0 atom stereocenters. The molecule has 9 heteroatoms. The average molecular weight is 1590 g/mol. The van der Waals surface area contributed by atoms with E-state index in [0.29, 0.717) is 20.1 Å². The standard InChI is InChI=1S/C62H66ClN3.C22H14Cl3N.C20H27N.CH4.H2/c1-59(2,3)44-25-33-49(34-26-44)64(50-35-27-45(28-36-50)60(4,5)6)56-41-53(66(48-21-14-13-15-22-48)55-24-18-20-43-19-16-17-23-54(43)55)42-57(58(56)63)65(51-37-29-46(30-38-51)61(7,8)9)52-39-31-47(32-40-52)62(10,11)12;23-19-13-17(14-20(24)22(19)25)26(16-9-2-1-3-10-16)21-12-6-8-15-7-4-5-11-18(15)21;1-19(2,3)15-7-11-17(12-8-15)21-18-13-9-16(10-14-18)20(4,5)6;;/h13-42H,1-12H3;1-14H;7-14,21H,1-6H3;1H4;1H/i;;;;1+1. The minimum atomic E-state index is -0.0112. The Hall–Kier alpha value is -10.2. The van der Waals surface area contributed by atoms with Crippen LogP contribution in [0.4, 0.5) is 79.6 Å². The molecule has 0 radical (unpaired) electrons. The topological polar surface area (TPSA) is 25.0 Å². The van der Waals surface area contributed by atoms with Crippen molar-refractivity contribution in [3.05, 3.63) is 369 Å². The van der Waals surface area contributed by atoms with E-state index < -0.39 is 0 Å². The van der Waals surface area contributed by atoms with Gasteiger partial charge in [0, 0.05) is 63.4 Å². The quantitative estimate of drug-likeness (QED) is 0.109. The van der Waals surface area contributed by atoms with Crippen LogP contribution in [0.1, 0.15) is 167 Å². The molecule has 0 saturated heterocycles. The minimum Gasteiger partial charge on any atom is -0.356 e. The van der Waals surface area contributed by atoms with Gasteiger partial charge in [-0.05, 0) is 210 Å². The van der Waals surface area contributed by atoms with E-state index in [4.69, 9.17) is 46.4 Å². The fourth-order valence-corrected chi connectivity index (χ4v) is 15.0. The number of hydrogen-bond donors (Lipinski definition) is 1. The van der Waals surface area contributed by atoms with E-state index in [9.17, 15) is 0 Å². The molecule has 0 amide bonds. The van der Waals surface area contributed by atoms with Gasteiger partial charge in [0.1, 0.15) is 0 Å². The van der Waals surface area contributed by atoms with Crippen molar-refractivity contribution in [2.75, 3.05) is 24.9 Å². The Morgan fingerprint density at radius 3 is 0.728 bits per heavy atom. The van der Waals surface area contributed by atoms with Crippen LogP contribution in [0.2, 0.25) is 20.1 Å². The molecule has 0 fully saturated rings. The van der Waals surface area contributed by atoms with E-state index >= 15 is 0 Å². The molecule has 0 heterocycles. The fraction of sp³-hybridized carbons (Fsp3) is 0.238. The van der Waals surface area contributed by atoms with Gasteiger partial charge in [-0.2, -0.15) is 0 Å². The molecule has 0 bridgehead atoms. The lowest BCUT2D eigenvalue weighted by Crippen LogP contribution is -2.18. The van der Waals surface area contributed by atoms with Crippen molar-refractivity contribution in [2.24, 2.45) is 0 Å². The van der Waals surface area contributed by atoms with Crippen molar-refractivity contribution in [3.8, 4) is 0 Å². The smallest absolute Gasteiger partial charge is 0.0888 e. The molecule has 14 rings (SSSR count). The summed E-state index contributed by atoms with van der Waals surface area (Å²) in [4.78, 5) is 9.20. The zero-order valence-corrected chi connectivity index (χ0v) is 71.8. The Morgan fingerprint density at radius 1 is 0.219 bits per heavy atom. The van der Waals surface area contributed by atoms with Gasteiger partial charge in [0.2, 0.25) is 0 Å². The van der Waals surface area contributed by atoms with Crippen LogP contribution < -0.4 is 24.9 Å². The molecule has 0 aliphatic heterocycles. The molecule has 0 unspecified atom stereocenters. The lowest BCUT2D eigenvalue weighted by molar-refractivity contribution is 0.590. The molecule has 0 aliphatic rings. The minimum absolute atomic E-state index is 0. The van der Waals surface area contributed by atoms with Crippen molar-refractivity contribution in [3.63, 3.8) is 0 Å². The lowest BCUT2D eigenvalue weighted by atomic mass is 9.86. The Labute approximate surface area is 702 Å². The molecule has 0 spiro atoms. The second-order valence-corrected chi connectivity index (χ2v) is 37.1. The van der Waals surface area contributed by atoms with Crippen molar-refractivity contribution in [2.45, 2.75) is 165 Å². The lowest BCUT2D eigenvalue weighted by Gasteiger charge is -2.35. The normalized spacial score (nSPS) is 11.9. The third kappa shape index (κ3) is 19.9. The Balaban J connectivity index is 0.000000231. The number of hydrogen-bond acceptors (Lipinski definition) is 5. The number of benzene rings is 14. The van der Waals surface area contributed by atoms with Crippen LogP contribution in [0, 0.1) is 0 Å². The van der Waals surface area contributed by atoms with E-state index in [0.717, 1.165) is 95.8 Å². The molecule has 586 valence electrons. The number of fused-ring (bicyclic) bond motifs is 2. The van der Waals surface area contributed by atoms with Gasteiger partial charge in [-0.15, -0.1) is 0 Å². The number of nitrogens with one attached hydrogen (secondary N) is 1. The van der Waals surface area contributed by atoms with Gasteiger partial charge in [0.15, 0.2) is 0 Å². The molecular weight excluding hydrogens is 1470 g/mol. The molecule has 5 nitrogen and oxygen atoms in total. The van der Waals surface area contributed by atoms with E-state index in [-0.39, 0.29) is 41.3 Å². The van der Waals surface area contributed by atoms with E-state index in [2.05, 4.69) is 416 Å². The molecule has 0 aromatic heterocycles. The first-order valence-corrected chi connectivity index (χ1v) is 40.7. The highest BCUT2D eigenvalue weighted by atomic mass is 35.5. The van der Waals surface area contributed by atoms with Crippen molar-refractivity contribution in [1.29, 1.82) is 0 Å². The van der Waals surface area contributed by atoms with Crippen LogP contribution in [0.25, 0.3) is 21.5 Å². The number of anilines is 14. The summed E-state index contributed by atoms with van der Waals surface area (Å²) in [6.45, 7) is 40.6. The number of nitrogens with zero attached hydrogens (tertiary/aromatic N) is 4. The summed E-state index contributed by atoms with van der Waals surface area (Å²) in [6, 6.07) is 112. The summed E-state index contributed by atoms with van der Waals surface area (Å²) < 4.78 is 0. The summed E-state index contributed by atoms with van der Waals surface area (Å²) in [5, 5.41) is 9.94. The second kappa shape index (κ2) is 34.8. The highest BCUT2D eigenvalue weighted by Gasteiger charge is 2.30. The molecule has 0 saturated carbocycles. The monoisotopic (exact) mass is 1580 g/mol. The highest BCUT2D eigenvalue weighted by Crippen LogP contribution is 2.53. The number of halogens is 4. The summed E-state index contributed by atoms with van der Waals surface area (Å²) in [5.41, 5.74) is 22.2. The predicted molar refractivity (Wildman–Crippen MR) is 504 cm³/mol. The van der Waals surface area contributed by atoms with Crippen LogP contribution in [0.5, 0.6) is 0 Å². The molecule has 14 aromatic carbocycles. The molecule has 1 N–H and O–H groups in total. The maximum atomic E-state index is 8.18. The van der Waals surface area contributed by atoms with Gasteiger partial charge in [-0.1, -0.05) is 360 Å². The molecule has 114 heavy (non-hydrogen) atoms. The third-order valence-electron chi connectivity index (χ3n) is 20.8. The second-order valence-electron chi connectivity index (χ2n) is 35.5. The van der Waals surface area contributed by atoms with Crippen LogP contribution in [0.3, 0.4) is 0 Å². The first-order chi connectivity index (χ1) is 53.5. The van der Waals surface area contributed by atoms with E-state index in [1.807, 2.05) is 48.5 Å². The van der Waals surface area contributed by atoms with E-state index in [1.54, 1.807) is 0 Å². The summed E-state index contributed by atoms with van der Waals surface area (Å²) >= 11 is 27.0. The van der Waals surface area contributed by atoms with Crippen LogP contribution in [-0.4, -0.2) is 0 Å². The molecule has 0 aliphatic carbocycles. The SMILES string of the molecule is C.CC(C)(C)c1ccc(N(c2ccc(C(C)(C)C)cc2)c2cc(N(c3ccccc3)c3cccc4ccccc34)cc(N(c3ccc(C(C)(C)C)cc3)c3ccc(C(C)(C)C)cc3)c2Cl)cc1.CC(C)(C)c1ccc(Nc2ccc(C(C)(C)C)cc2)cc1.Clc1cc(N(c2ccccc2)c2cccc3ccccc23)cc(Cl)c1Cl.[2HH]. The summed E-state index contributed by atoms with van der Waals surface area (Å²) in [6.07, 6.45) is 0. The first-order valence-electron chi connectivity index (χ1n) is 39.1. The predicted octanol–water partition coefficient (Wildman–Crippen LogP) is 34.3. The number of para-hydroxylation sites is 2. The van der Waals surface area contributed by atoms with Gasteiger partial charge in [-0.25, -0.2) is 0 Å². The zero-order chi connectivity index (χ0) is 81.0. The summed E-state index contributed by atoms with van der Waals surface area (Å²) in [7, 11) is 0. The summed E-state index contributed by atoms with van der Waals surface area (Å²) in [5.74, 6) is 0. The molecular formula is C105H113Cl4N5. The third-order valence-corrected chi connectivity index (χ3v) is 22.4. The van der Waals surface area contributed by atoms with Crippen molar-refractivity contribution in [1.82, 2.24) is 0 Å². The van der Waals surface area contributed by atoms with Crippen molar-refractivity contribution < 1.29 is 1.43 Å². The maximum absolute atomic E-state index is 8.18. The van der Waals surface area contributed by atoms with Gasteiger partial charge in [0.25, 0.3) is 0 Å². The Kier molecular flexibility index (Phi) is 25.9. The maximum Gasteiger partial charge on any atom is 0.0888 e. The first kappa shape index (κ1) is 84.7. The van der Waals surface area contributed by atoms with E-state index in [1.165, 1.54) is 38.8 Å². The number of rotatable bonds is 14.